The van der Waals surface area contributed by atoms with E-state index >= 15 is 0 Å². The molecule has 0 bridgehead atoms. The first-order valence-electron chi connectivity index (χ1n) is 10.2. The number of hydrogen-bond donors (Lipinski definition) is 2. The van der Waals surface area contributed by atoms with Crippen LogP contribution in [0.4, 0.5) is 0 Å². The summed E-state index contributed by atoms with van der Waals surface area (Å²) in [6.07, 6.45) is 2.02. The fourth-order valence-corrected chi connectivity index (χ4v) is 4.09. The van der Waals surface area contributed by atoms with Gasteiger partial charge >= 0.3 is 0 Å². The van der Waals surface area contributed by atoms with Crippen molar-refractivity contribution in [3.8, 4) is 0 Å². The number of nitrogens with zero attached hydrogens (tertiary/aromatic N) is 2. The molecule has 1 heterocycles. The molecule has 2 atom stereocenters. The van der Waals surface area contributed by atoms with Crippen LogP contribution >= 0.6 is 0 Å². The number of benzene rings is 1. The standard InChI is InChI=1S/C22H31N3O3/c1-17-19(18-5-3-2-4-6-18)15-21(27)20(22(17)28)16-23-7-8-24-9-11-25(12-10-24)13-14-26/h2-6,16-17,19,23,26H,7-15H2,1H3. The predicted molar refractivity (Wildman–Crippen MR) is 109 cm³/mol. The molecular formula is C22H31N3O3. The quantitative estimate of drug-likeness (QED) is 0.415. The van der Waals surface area contributed by atoms with E-state index < -0.39 is 0 Å². The zero-order valence-electron chi connectivity index (χ0n) is 16.6. The van der Waals surface area contributed by atoms with Gasteiger partial charge < -0.3 is 10.4 Å². The molecule has 0 aromatic heterocycles. The highest BCUT2D eigenvalue weighted by Gasteiger charge is 2.37. The SMILES string of the molecule is CC1C(=O)C(=CNCCN2CCN(CCO)CC2)C(=O)CC1c1ccccc1. The molecule has 1 aliphatic heterocycles. The van der Waals surface area contributed by atoms with Crippen LogP contribution in [0.15, 0.2) is 42.1 Å². The second-order valence-electron chi connectivity index (χ2n) is 7.72. The number of carbonyl (C=O) groups excluding carboxylic acids is 2. The van der Waals surface area contributed by atoms with Crippen LogP contribution < -0.4 is 5.32 Å². The van der Waals surface area contributed by atoms with E-state index in [0.29, 0.717) is 18.5 Å². The number of aliphatic hydroxyl groups is 1. The summed E-state index contributed by atoms with van der Waals surface area (Å²) in [5.41, 5.74) is 1.37. The van der Waals surface area contributed by atoms with Crippen molar-refractivity contribution in [2.45, 2.75) is 19.3 Å². The lowest BCUT2D eigenvalue weighted by Crippen LogP contribution is -2.48. The molecule has 6 nitrogen and oxygen atoms in total. The second kappa shape index (κ2) is 9.96. The molecule has 1 aromatic rings. The molecule has 28 heavy (non-hydrogen) atoms. The summed E-state index contributed by atoms with van der Waals surface area (Å²) in [7, 11) is 0. The first kappa shape index (κ1) is 20.7. The second-order valence-corrected chi connectivity index (χ2v) is 7.72. The summed E-state index contributed by atoms with van der Waals surface area (Å²) in [6, 6.07) is 9.84. The summed E-state index contributed by atoms with van der Waals surface area (Å²) in [4.78, 5) is 29.9. The van der Waals surface area contributed by atoms with Gasteiger partial charge in [0.1, 0.15) is 0 Å². The molecule has 2 unspecified atom stereocenters. The Morgan fingerprint density at radius 1 is 1.07 bits per heavy atom. The Hall–Kier alpha value is -2.02. The Morgan fingerprint density at radius 3 is 2.36 bits per heavy atom. The highest BCUT2D eigenvalue weighted by atomic mass is 16.3. The minimum absolute atomic E-state index is 0.0337. The molecule has 1 aromatic carbocycles. The lowest BCUT2D eigenvalue weighted by atomic mass is 9.73. The van der Waals surface area contributed by atoms with E-state index in [2.05, 4.69) is 15.1 Å². The van der Waals surface area contributed by atoms with E-state index in [1.807, 2.05) is 37.3 Å². The van der Waals surface area contributed by atoms with Gasteiger partial charge in [-0.3, -0.25) is 19.4 Å². The minimum Gasteiger partial charge on any atom is -0.395 e. The Kier molecular flexibility index (Phi) is 7.36. The van der Waals surface area contributed by atoms with E-state index in [1.54, 1.807) is 6.20 Å². The van der Waals surface area contributed by atoms with Gasteiger partial charge in [0.15, 0.2) is 11.6 Å². The largest absolute Gasteiger partial charge is 0.395 e. The summed E-state index contributed by atoms with van der Waals surface area (Å²) in [6.45, 7) is 8.35. The number of allylic oxidation sites excluding steroid dienone is 1. The number of piperazine rings is 1. The van der Waals surface area contributed by atoms with Gasteiger partial charge in [0.25, 0.3) is 0 Å². The molecule has 1 saturated heterocycles. The smallest absolute Gasteiger partial charge is 0.171 e. The number of carbonyl (C=O) groups is 2. The van der Waals surface area contributed by atoms with E-state index in [9.17, 15) is 9.59 Å². The van der Waals surface area contributed by atoms with E-state index in [4.69, 9.17) is 5.11 Å². The van der Waals surface area contributed by atoms with Crippen LogP contribution in [0.5, 0.6) is 0 Å². The van der Waals surface area contributed by atoms with Crippen molar-refractivity contribution in [1.29, 1.82) is 0 Å². The Balaban J connectivity index is 1.48. The molecular weight excluding hydrogens is 354 g/mol. The topological polar surface area (TPSA) is 72.9 Å². The van der Waals surface area contributed by atoms with Crippen molar-refractivity contribution >= 4 is 11.6 Å². The van der Waals surface area contributed by atoms with Gasteiger partial charge in [-0.15, -0.1) is 0 Å². The Bertz CT molecular complexity index is 696. The highest BCUT2D eigenvalue weighted by molar-refractivity contribution is 6.23. The lowest BCUT2D eigenvalue weighted by molar-refractivity contribution is -0.127. The van der Waals surface area contributed by atoms with Gasteiger partial charge in [0, 0.05) is 70.3 Å². The number of ketones is 2. The van der Waals surface area contributed by atoms with Crippen molar-refractivity contribution in [3.05, 3.63) is 47.7 Å². The monoisotopic (exact) mass is 385 g/mol. The van der Waals surface area contributed by atoms with Crippen LogP contribution in [0, 0.1) is 5.92 Å². The summed E-state index contributed by atoms with van der Waals surface area (Å²) in [5.74, 6) is -0.349. The summed E-state index contributed by atoms with van der Waals surface area (Å²) in [5, 5.41) is 12.2. The Labute approximate surface area is 167 Å². The van der Waals surface area contributed by atoms with Gasteiger partial charge in [-0.1, -0.05) is 37.3 Å². The number of aliphatic hydroxyl groups excluding tert-OH is 1. The van der Waals surface area contributed by atoms with Crippen molar-refractivity contribution in [1.82, 2.24) is 15.1 Å². The molecule has 1 saturated carbocycles. The third-order valence-electron chi connectivity index (χ3n) is 5.92. The van der Waals surface area contributed by atoms with Crippen LogP contribution in [0.2, 0.25) is 0 Å². The van der Waals surface area contributed by atoms with Crippen LogP contribution in [-0.2, 0) is 9.59 Å². The number of Topliss-reactive ketones (excluding diaryl/α,β-unsaturated/α-hetero) is 2. The molecule has 0 spiro atoms. The molecule has 3 rings (SSSR count). The molecule has 2 N–H and O–H groups in total. The third-order valence-corrected chi connectivity index (χ3v) is 5.92. The normalized spacial score (nSPS) is 26.0. The predicted octanol–water partition coefficient (Wildman–Crippen LogP) is 1.03. The molecule has 2 aliphatic rings. The van der Waals surface area contributed by atoms with Crippen LogP contribution in [-0.4, -0.2) is 78.9 Å². The number of nitrogens with one attached hydrogen (secondary N) is 1. The maximum atomic E-state index is 12.7. The molecule has 2 fully saturated rings. The van der Waals surface area contributed by atoms with Crippen molar-refractivity contribution in [2.75, 3.05) is 52.4 Å². The fourth-order valence-electron chi connectivity index (χ4n) is 4.09. The van der Waals surface area contributed by atoms with Crippen molar-refractivity contribution in [2.24, 2.45) is 5.92 Å². The average Bonchev–Trinajstić information content (AvgIpc) is 2.72. The first-order chi connectivity index (χ1) is 13.6. The third kappa shape index (κ3) is 5.07. The van der Waals surface area contributed by atoms with Crippen molar-refractivity contribution < 1.29 is 14.7 Å². The number of hydrogen-bond acceptors (Lipinski definition) is 6. The zero-order valence-corrected chi connectivity index (χ0v) is 16.6. The maximum absolute atomic E-state index is 12.7. The molecule has 6 heteroatoms. The zero-order chi connectivity index (χ0) is 19.9. The van der Waals surface area contributed by atoms with E-state index in [-0.39, 0.29) is 30.0 Å². The summed E-state index contributed by atoms with van der Waals surface area (Å²) >= 11 is 0. The maximum Gasteiger partial charge on any atom is 0.171 e. The highest BCUT2D eigenvalue weighted by Crippen LogP contribution is 2.35. The molecule has 152 valence electrons. The van der Waals surface area contributed by atoms with Crippen LogP contribution in [0.3, 0.4) is 0 Å². The minimum atomic E-state index is -0.187. The van der Waals surface area contributed by atoms with Gasteiger partial charge in [-0.05, 0) is 5.56 Å². The van der Waals surface area contributed by atoms with Crippen LogP contribution in [0.1, 0.15) is 24.8 Å². The lowest BCUT2D eigenvalue weighted by Gasteiger charge is -2.34. The molecule has 1 aliphatic carbocycles. The van der Waals surface area contributed by atoms with E-state index in [1.165, 1.54) is 0 Å². The summed E-state index contributed by atoms with van der Waals surface area (Å²) < 4.78 is 0. The number of rotatable bonds is 7. The average molecular weight is 386 g/mol. The van der Waals surface area contributed by atoms with Gasteiger partial charge in [0.2, 0.25) is 0 Å². The number of β-amino-alcohol motifs (C(OH)–C–C–N with tert-alkyl or cyclic N) is 1. The van der Waals surface area contributed by atoms with E-state index in [0.717, 1.165) is 44.8 Å². The fraction of sp³-hybridized carbons (Fsp3) is 0.545. The van der Waals surface area contributed by atoms with Gasteiger partial charge in [0.05, 0.1) is 12.2 Å². The molecule has 0 radical (unpaired) electrons. The Morgan fingerprint density at radius 2 is 1.71 bits per heavy atom. The first-order valence-corrected chi connectivity index (χ1v) is 10.2. The molecule has 0 amide bonds. The van der Waals surface area contributed by atoms with Crippen LogP contribution in [0.25, 0.3) is 0 Å². The van der Waals surface area contributed by atoms with Gasteiger partial charge in [-0.25, -0.2) is 0 Å². The van der Waals surface area contributed by atoms with Gasteiger partial charge in [-0.2, -0.15) is 0 Å². The van der Waals surface area contributed by atoms with Crippen molar-refractivity contribution in [3.63, 3.8) is 0 Å².